The van der Waals surface area contributed by atoms with Gasteiger partial charge in [-0.05, 0) is 12.1 Å². The monoisotopic (exact) mass is 225 g/mol. The van der Waals surface area contributed by atoms with E-state index in [1.54, 1.807) is 0 Å². The molecule has 1 aromatic rings. The molecule has 0 bridgehead atoms. The Morgan fingerprint density at radius 2 is 2.12 bits per heavy atom. The summed E-state index contributed by atoms with van der Waals surface area (Å²) in [5, 5.41) is 11.0. The first kappa shape index (κ1) is 11.6. The molecule has 0 unspecified atom stereocenters. The highest BCUT2D eigenvalue weighted by atomic mass is 16.5. The van der Waals surface area contributed by atoms with Crippen molar-refractivity contribution in [3.05, 3.63) is 18.2 Å². The van der Waals surface area contributed by atoms with E-state index in [1.807, 2.05) is 5.32 Å². The van der Waals surface area contributed by atoms with Crippen LogP contribution in [0.2, 0.25) is 0 Å². The van der Waals surface area contributed by atoms with E-state index in [1.165, 1.54) is 18.2 Å². The number of benzene rings is 1. The fourth-order valence-electron chi connectivity index (χ4n) is 0.975. The first-order valence-corrected chi connectivity index (χ1v) is 4.30. The van der Waals surface area contributed by atoms with Crippen LogP contribution in [0.5, 0.6) is 11.5 Å². The summed E-state index contributed by atoms with van der Waals surface area (Å²) < 4.78 is 4.98. The van der Waals surface area contributed by atoms with E-state index in [9.17, 15) is 14.7 Å². The van der Waals surface area contributed by atoms with Crippen LogP contribution in [-0.4, -0.2) is 23.7 Å². The fourth-order valence-corrected chi connectivity index (χ4v) is 0.975. The van der Waals surface area contributed by atoms with E-state index in [2.05, 4.69) is 0 Å². The van der Waals surface area contributed by atoms with Gasteiger partial charge in [-0.15, -0.1) is 0 Å². The maximum absolute atomic E-state index is 11.0. The number of imide groups is 1. The Morgan fingerprint density at radius 3 is 2.75 bits per heavy atom. The van der Waals surface area contributed by atoms with Crippen molar-refractivity contribution in [2.75, 3.05) is 12.3 Å². The summed E-state index contributed by atoms with van der Waals surface area (Å²) in [6, 6.07) is 3.41. The Bertz CT molecular complexity index is 419. The van der Waals surface area contributed by atoms with Gasteiger partial charge < -0.3 is 21.3 Å². The lowest BCUT2D eigenvalue weighted by Gasteiger charge is -2.08. The summed E-state index contributed by atoms with van der Waals surface area (Å²) in [4.78, 5) is 21.3. The van der Waals surface area contributed by atoms with Crippen LogP contribution >= 0.6 is 0 Å². The van der Waals surface area contributed by atoms with Crippen molar-refractivity contribution in [2.24, 2.45) is 5.73 Å². The quantitative estimate of drug-likeness (QED) is 0.409. The SMILES string of the molecule is NC(=O)NC(=O)COc1cccc(O)c1N. The average Bonchev–Trinajstić information content (AvgIpc) is 2.19. The molecule has 0 aliphatic heterocycles. The molecule has 1 aromatic carbocycles. The number of nitrogens with two attached hydrogens (primary N) is 2. The first-order chi connectivity index (χ1) is 7.50. The van der Waals surface area contributed by atoms with Crippen molar-refractivity contribution in [3.63, 3.8) is 0 Å². The van der Waals surface area contributed by atoms with Gasteiger partial charge in [0.05, 0.1) is 0 Å². The lowest BCUT2D eigenvalue weighted by atomic mass is 10.3. The third kappa shape index (κ3) is 3.05. The molecule has 0 radical (unpaired) electrons. The number of ether oxygens (including phenoxy) is 1. The Balaban J connectivity index is 2.58. The summed E-state index contributed by atoms with van der Waals surface area (Å²) >= 11 is 0. The van der Waals surface area contributed by atoms with Crippen molar-refractivity contribution >= 4 is 17.6 Å². The summed E-state index contributed by atoms with van der Waals surface area (Å²) in [5.74, 6) is -0.692. The molecule has 86 valence electrons. The second-order valence-corrected chi connectivity index (χ2v) is 2.89. The molecule has 1 rings (SSSR count). The molecule has 0 aliphatic carbocycles. The number of anilines is 1. The number of phenolic OH excluding ortho intramolecular Hbond substituents is 1. The van der Waals surface area contributed by atoms with Crippen LogP contribution in [0.15, 0.2) is 18.2 Å². The predicted molar refractivity (Wildman–Crippen MR) is 55.7 cm³/mol. The van der Waals surface area contributed by atoms with Gasteiger partial charge in [-0.3, -0.25) is 10.1 Å². The number of nitrogen functional groups attached to an aromatic ring is 1. The van der Waals surface area contributed by atoms with Gasteiger partial charge in [0, 0.05) is 0 Å². The Morgan fingerprint density at radius 1 is 1.44 bits per heavy atom. The van der Waals surface area contributed by atoms with Gasteiger partial charge in [0.15, 0.2) is 6.61 Å². The number of rotatable bonds is 3. The van der Waals surface area contributed by atoms with Crippen molar-refractivity contribution in [3.8, 4) is 11.5 Å². The number of phenols is 1. The number of aromatic hydroxyl groups is 1. The predicted octanol–water partition coefficient (Wildman–Crippen LogP) is -0.452. The molecule has 7 heteroatoms. The van der Waals surface area contributed by atoms with E-state index >= 15 is 0 Å². The van der Waals surface area contributed by atoms with Gasteiger partial charge >= 0.3 is 6.03 Å². The van der Waals surface area contributed by atoms with Gasteiger partial charge in [0.2, 0.25) is 0 Å². The highest BCUT2D eigenvalue weighted by Crippen LogP contribution is 2.29. The molecular formula is C9H11N3O4. The molecule has 16 heavy (non-hydrogen) atoms. The van der Waals surface area contributed by atoms with E-state index in [0.29, 0.717) is 0 Å². The maximum Gasteiger partial charge on any atom is 0.318 e. The molecule has 0 spiro atoms. The highest BCUT2D eigenvalue weighted by Gasteiger charge is 2.08. The number of hydrogen-bond acceptors (Lipinski definition) is 5. The molecule has 0 aliphatic rings. The first-order valence-electron chi connectivity index (χ1n) is 4.30. The summed E-state index contributed by atoms with van der Waals surface area (Å²) in [7, 11) is 0. The third-order valence-electron chi connectivity index (χ3n) is 1.66. The zero-order valence-corrected chi connectivity index (χ0v) is 8.27. The molecular weight excluding hydrogens is 214 g/mol. The van der Waals surface area contributed by atoms with Crippen LogP contribution in [0.4, 0.5) is 10.5 Å². The lowest BCUT2D eigenvalue weighted by Crippen LogP contribution is -2.38. The number of carbonyl (C=O) groups excluding carboxylic acids is 2. The molecule has 6 N–H and O–H groups in total. The minimum atomic E-state index is -0.961. The highest BCUT2D eigenvalue weighted by molar-refractivity contribution is 5.94. The van der Waals surface area contributed by atoms with Crippen LogP contribution in [0.1, 0.15) is 0 Å². The molecule has 7 nitrogen and oxygen atoms in total. The van der Waals surface area contributed by atoms with E-state index in [4.69, 9.17) is 16.2 Å². The fraction of sp³-hybridized carbons (Fsp3) is 0.111. The smallest absolute Gasteiger partial charge is 0.318 e. The lowest BCUT2D eigenvalue weighted by molar-refractivity contribution is -0.121. The maximum atomic E-state index is 11.0. The van der Waals surface area contributed by atoms with Crippen LogP contribution in [0.25, 0.3) is 0 Å². The number of urea groups is 1. The van der Waals surface area contributed by atoms with Crippen LogP contribution in [0, 0.1) is 0 Å². The molecule has 3 amide bonds. The molecule has 0 heterocycles. The average molecular weight is 225 g/mol. The molecule has 0 saturated carbocycles. The normalized spacial score (nSPS) is 9.50. The third-order valence-corrected chi connectivity index (χ3v) is 1.66. The minimum Gasteiger partial charge on any atom is -0.506 e. The van der Waals surface area contributed by atoms with Crippen molar-refractivity contribution in [1.29, 1.82) is 0 Å². The standard InChI is InChI=1S/C9H11N3O4/c10-8-5(13)2-1-3-6(8)16-4-7(14)12-9(11)15/h1-3,13H,4,10H2,(H3,11,12,14,15). The van der Waals surface area contributed by atoms with Crippen LogP contribution < -0.4 is 21.5 Å². The Kier molecular flexibility index (Phi) is 3.54. The second kappa shape index (κ2) is 4.87. The van der Waals surface area contributed by atoms with Crippen molar-refractivity contribution in [1.82, 2.24) is 5.32 Å². The topological polar surface area (TPSA) is 128 Å². The number of nitrogens with one attached hydrogen (secondary N) is 1. The van der Waals surface area contributed by atoms with Gasteiger partial charge in [0.1, 0.15) is 17.2 Å². The Hall–Kier alpha value is -2.44. The molecule has 0 saturated heterocycles. The van der Waals surface area contributed by atoms with Crippen LogP contribution in [0.3, 0.4) is 0 Å². The van der Waals surface area contributed by atoms with Gasteiger partial charge in [-0.2, -0.15) is 0 Å². The van der Waals surface area contributed by atoms with Gasteiger partial charge in [0.25, 0.3) is 5.91 Å². The van der Waals surface area contributed by atoms with E-state index in [-0.39, 0.29) is 17.2 Å². The van der Waals surface area contributed by atoms with Gasteiger partial charge in [-0.25, -0.2) is 4.79 Å². The van der Waals surface area contributed by atoms with Gasteiger partial charge in [-0.1, -0.05) is 6.07 Å². The molecule has 0 aromatic heterocycles. The molecule has 0 fully saturated rings. The zero-order chi connectivity index (χ0) is 12.1. The van der Waals surface area contributed by atoms with Crippen molar-refractivity contribution in [2.45, 2.75) is 0 Å². The van der Waals surface area contributed by atoms with Crippen molar-refractivity contribution < 1.29 is 19.4 Å². The van der Waals surface area contributed by atoms with E-state index in [0.717, 1.165) is 0 Å². The van der Waals surface area contributed by atoms with E-state index < -0.39 is 18.5 Å². The number of carbonyl (C=O) groups is 2. The molecule has 0 atom stereocenters. The summed E-state index contributed by atoms with van der Waals surface area (Å²) in [5.41, 5.74) is 10.2. The number of amides is 3. The zero-order valence-electron chi connectivity index (χ0n) is 8.27. The number of hydrogen-bond donors (Lipinski definition) is 4. The number of para-hydroxylation sites is 1. The minimum absolute atomic E-state index is 0.0226. The largest absolute Gasteiger partial charge is 0.506 e. The second-order valence-electron chi connectivity index (χ2n) is 2.89. The Labute approximate surface area is 91.0 Å². The summed E-state index contributed by atoms with van der Waals surface area (Å²) in [6.07, 6.45) is 0. The van der Waals surface area contributed by atoms with Crippen LogP contribution in [-0.2, 0) is 4.79 Å². The summed E-state index contributed by atoms with van der Waals surface area (Å²) in [6.45, 7) is -0.420. The number of primary amides is 1.